The van der Waals surface area contributed by atoms with Crippen LogP contribution in [0.3, 0.4) is 0 Å². The largest absolute Gasteiger partial charge is 0.394 e. The minimum absolute atomic E-state index is 0.0883. The zero-order valence-electron chi connectivity index (χ0n) is 12.9. The third-order valence-electron chi connectivity index (χ3n) is 3.81. The van der Waals surface area contributed by atoms with Crippen LogP contribution in [0.15, 0.2) is 11.1 Å². The van der Waals surface area contributed by atoms with E-state index in [2.05, 4.69) is 23.4 Å². The lowest BCUT2D eigenvalue weighted by molar-refractivity contribution is 0.161. The second-order valence-electron chi connectivity index (χ2n) is 6.19. The molecule has 0 bridgehead atoms. The molecule has 114 valence electrons. The molecule has 2 rings (SSSR count). The van der Waals surface area contributed by atoms with Gasteiger partial charge in [-0.25, -0.2) is 0 Å². The number of thioether (sulfide) groups is 1. The van der Waals surface area contributed by atoms with Crippen LogP contribution in [0, 0.1) is 6.92 Å². The van der Waals surface area contributed by atoms with Crippen molar-refractivity contribution >= 4 is 11.8 Å². The van der Waals surface area contributed by atoms with Crippen LogP contribution in [-0.2, 0) is 7.05 Å². The summed E-state index contributed by atoms with van der Waals surface area (Å²) in [6, 6.07) is 2.79. The zero-order chi connectivity index (χ0) is 14.6. The van der Waals surface area contributed by atoms with E-state index in [0.717, 1.165) is 24.3 Å². The Bertz CT molecular complexity index is 431. The normalized spacial score (nSPS) is 18.2. The van der Waals surface area contributed by atoms with Crippen LogP contribution in [0.4, 0.5) is 0 Å². The molecule has 1 saturated carbocycles. The van der Waals surface area contributed by atoms with Crippen molar-refractivity contribution in [3.63, 3.8) is 0 Å². The first kappa shape index (κ1) is 15.9. The van der Waals surface area contributed by atoms with Gasteiger partial charge in [0.05, 0.1) is 17.3 Å². The number of unbranched alkanes of at least 4 members (excludes halogenated alkanes) is 1. The van der Waals surface area contributed by atoms with Crippen molar-refractivity contribution in [3.8, 4) is 0 Å². The highest BCUT2D eigenvalue weighted by Gasteiger charge is 2.31. The van der Waals surface area contributed by atoms with Crippen molar-refractivity contribution in [2.45, 2.75) is 62.6 Å². The monoisotopic (exact) mass is 297 g/mol. The van der Waals surface area contributed by atoms with Crippen molar-refractivity contribution < 1.29 is 5.11 Å². The van der Waals surface area contributed by atoms with E-state index in [1.165, 1.54) is 24.3 Å². The predicted molar refractivity (Wildman–Crippen MR) is 84.2 cm³/mol. The van der Waals surface area contributed by atoms with Gasteiger partial charge in [-0.1, -0.05) is 6.42 Å². The van der Waals surface area contributed by atoms with Crippen molar-refractivity contribution in [1.29, 1.82) is 0 Å². The van der Waals surface area contributed by atoms with Gasteiger partial charge >= 0.3 is 0 Å². The van der Waals surface area contributed by atoms with Crippen molar-refractivity contribution in [3.05, 3.63) is 11.8 Å². The van der Waals surface area contributed by atoms with E-state index in [1.54, 1.807) is 0 Å². The summed E-state index contributed by atoms with van der Waals surface area (Å²) in [5.41, 5.74) is 0.992. The fourth-order valence-electron chi connectivity index (χ4n) is 2.43. The molecule has 0 aliphatic heterocycles. The number of aliphatic hydroxyl groups is 1. The molecule has 1 aromatic heterocycles. The lowest BCUT2D eigenvalue weighted by Gasteiger charge is -2.29. The van der Waals surface area contributed by atoms with Crippen LogP contribution in [-0.4, -0.2) is 38.8 Å². The van der Waals surface area contributed by atoms with Crippen molar-refractivity contribution in [2.75, 3.05) is 12.4 Å². The standard InChI is InChI=1S/C15H27N3OS/c1-12-10-14(18(3)17-12)20-9-5-4-8-15(2,11-19)16-13-6-7-13/h10,13,16,19H,4-9,11H2,1-3H3. The smallest absolute Gasteiger partial charge is 0.0939 e. The Morgan fingerprint density at radius 2 is 2.25 bits per heavy atom. The summed E-state index contributed by atoms with van der Waals surface area (Å²) in [5, 5.41) is 18.7. The lowest BCUT2D eigenvalue weighted by atomic mass is 9.96. The summed E-state index contributed by atoms with van der Waals surface area (Å²) in [6.45, 7) is 4.40. The molecule has 0 amide bonds. The Balaban J connectivity index is 1.64. The van der Waals surface area contributed by atoms with Crippen LogP contribution < -0.4 is 5.32 Å². The molecule has 0 radical (unpaired) electrons. The van der Waals surface area contributed by atoms with Crippen molar-refractivity contribution in [2.24, 2.45) is 7.05 Å². The number of nitrogens with zero attached hydrogens (tertiary/aromatic N) is 2. The number of aromatic nitrogens is 2. The fourth-order valence-corrected chi connectivity index (χ4v) is 3.47. The molecule has 0 saturated heterocycles. The average molecular weight is 297 g/mol. The topological polar surface area (TPSA) is 50.1 Å². The van der Waals surface area contributed by atoms with Gasteiger partial charge in [0.15, 0.2) is 0 Å². The Labute approximate surface area is 126 Å². The van der Waals surface area contributed by atoms with E-state index >= 15 is 0 Å². The molecule has 5 heteroatoms. The summed E-state index contributed by atoms with van der Waals surface area (Å²) in [7, 11) is 2.00. The van der Waals surface area contributed by atoms with E-state index in [1.807, 2.05) is 30.4 Å². The van der Waals surface area contributed by atoms with Gasteiger partial charge in [-0.05, 0) is 51.3 Å². The number of hydrogen-bond donors (Lipinski definition) is 2. The molecule has 2 N–H and O–H groups in total. The summed E-state index contributed by atoms with van der Waals surface area (Å²) in [5.74, 6) is 1.11. The molecule has 0 aromatic carbocycles. The van der Waals surface area contributed by atoms with E-state index in [4.69, 9.17) is 0 Å². The molecule has 1 heterocycles. The average Bonchev–Trinajstić information content (AvgIpc) is 3.14. The molecule has 20 heavy (non-hydrogen) atoms. The highest BCUT2D eigenvalue weighted by Crippen LogP contribution is 2.26. The second kappa shape index (κ2) is 6.96. The number of rotatable bonds is 9. The van der Waals surface area contributed by atoms with Crippen LogP contribution >= 0.6 is 11.8 Å². The minimum Gasteiger partial charge on any atom is -0.394 e. The molecule has 0 spiro atoms. The third kappa shape index (κ3) is 4.79. The summed E-state index contributed by atoms with van der Waals surface area (Å²) < 4.78 is 1.95. The number of hydrogen-bond acceptors (Lipinski definition) is 4. The van der Waals surface area contributed by atoms with Crippen LogP contribution in [0.1, 0.15) is 44.7 Å². The molecule has 1 aliphatic rings. The Kier molecular flexibility index (Phi) is 5.52. The predicted octanol–water partition coefficient (Wildman–Crippen LogP) is 2.49. The Morgan fingerprint density at radius 1 is 1.50 bits per heavy atom. The maximum atomic E-state index is 9.56. The Morgan fingerprint density at radius 3 is 2.80 bits per heavy atom. The zero-order valence-corrected chi connectivity index (χ0v) is 13.7. The number of aliphatic hydroxyl groups excluding tert-OH is 1. The fraction of sp³-hybridized carbons (Fsp3) is 0.800. The van der Waals surface area contributed by atoms with E-state index in [0.29, 0.717) is 6.04 Å². The molecule has 4 nitrogen and oxygen atoms in total. The molecule has 1 aromatic rings. The summed E-state index contributed by atoms with van der Waals surface area (Å²) in [6.07, 6.45) is 5.92. The van der Waals surface area contributed by atoms with E-state index in [9.17, 15) is 5.11 Å². The second-order valence-corrected chi connectivity index (χ2v) is 7.31. The first-order valence-corrected chi connectivity index (χ1v) is 8.53. The summed E-state index contributed by atoms with van der Waals surface area (Å²) in [4.78, 5) is 0. The van der Waals surface area contributed by atoms with Gasteiger partial charge in [-0.2, -0.15) is 5.10 Å². The number of aryl methyl sites for hydroxylation is 2. The Hall–Kier alpha value is -0.520. The maximum Gasteiger partial charge on any atom is 0.0939 e. The first-order chi connectivity index (χ1) is 9.52. The van der Waals surface area contributed by atoms with Gasteiger partial charge in [-0.15, -0.1) is 11.8 Å². The van der Waals surface area contributed by atoms with Gasteiger partial charge in [0.25, 0.3) is 0 Å². The molecular formula is C15H27N3OS. The highest BCUT2D eigenvalue weighted by atomic mass is 32.2. The maximum absolute atomic E-state index is 9.56. The molecule has 1 fully saturated rings. The lowest BCUT2D eigenvalue weighted by Crippen LogP contribution is -2.46. The first-order valence-electron chi connectivity index (χ1n) is 7.54. The van der Waals surface area contributed by atoms with Crippen LogP contribution in [0.2, 0.25) is 0 Å². The van der Waals surface area contributed by atoms with Gasteiger partial charge < -0.3 is 10.4 Å². The minimum atomic E-state index is -0.0883. The molecule has 1 atom stereocenters. The van der Waals surface area contributed by atoms with Gasteiger partial charge in [0, 0.05) is 18.6 Å². The van der Waals surface area contributed by atoms with Gasteiger partial charge in [0.2, 0.25) is 0 Å². The van der Waals surface area contributed by atoms with Gasteiger partial charge in [-0.3, -0.25) is 4.68 Å². The highest BCUT2D eigenvalue weighted by molar-refractivity contribution is 7.99. The SMILES string of the molecule is Cc1cc(SCCCCC(C)(CO)NC2CC2)n(C)n1. The van der Waals surface area contributed by atoms with E-state index in [-0.39, 0.29) is 12.1 Å². The van der Waals surface area contributed by atoms with Crippen molar-refractivity contribution in [1.82, 2.24) is 15.1 Å². The molecule has 1 aliphatic carbocycles. The van der Waals surface area contributed by atoms with Gasteiger partial charge in [0.1, 0.15) is 0 Å². The third-order valence-corrected chi connectivity index (χ3v) is 4.98. The van der Waals surface area contributed by atoms with E-state index < -0.39 is 0 Å². The van der Waals surface area contributed by atoms with Crippen LogP contribution in [0.25, 0.3) is 0 Å². The molecule has 1 unspecified atom stereocenters. The number of nitrogens with one attached hydrogen (secondary N) is 1. The summed E-state index contributed by atoms with van der Waals surface area (Å²) >= 11 is 1.87. The molecular weight excluding hydrogens is 270 g/mol. The van der Waals surface area contributed by atoms with Crippen LogP contribution in [0.5, 0.6) is 0 Å². The quantitative estimate of drug-likeness (QED) is 0.543.